The average Bonchev–Trinajstić information content (AvgIpc) is 2.57. The van der Waals surface area contributed by atoms with Crippen molar-refractivity contribution in [1.82, 2.24) is 4.98 Å². The minimum absolute atomic E-state index is 0.234. The van der Waals surface area contributed by atoms with Crippen molar-refractivity contribution in [3.8, 4) is 5.75 Å². The van der Waals surface area contributed by atoms with Crippen LogP contribution in [0.5, 0.6) is 5.75 Å². The van der Waals surface area contributed by atoms with E-state index in [1.165, 1.54) is 0 Å². The van der Waals surface area contributed by atoms with Gasteiger partial charge in [-0.1, -0.05) is 6.07 Å². The maximum absolute atomic E-state index is 12.4. The molecule has 0 atom stereocenters. The van der Waals surface area contributed by atoms with Gasteiger partial charge in [0.15, 0.2) is 0 Å². The van der Waals surface area contributed by atoms with Gasteiger partial charge in [-0.25, -0.2) is 0 Å². The van der Waals surface area contributed by atoms with Crippen molar-refractivity contribution >= 4 is 11.6 Å². The molecule has 0 radical (unpaired) electrons. The topological polar surface area (TPSA) is 86.5 Å². The molecule has 0 unspecified atom stereocenters. The van der Waals surface area contributed by atoms with Crippen LogP contribution in [0.15, 0.2) is 36.5 Å². The number of aromatic nitrogens is 1. The summed E-state index contributed by atoms with van der Waals surface area (Å²) >= 11 is 0. The first-order chi connectivity index (χ1) is 11.1. The molecule has 6 heteroatoms. The van der Waals surface area contributed by atoms with Crippen LogP contribution in [-0.2, 0) is 11.3 Å². The predicted octanol–water partition coefficient (Wildman–Crippen LogP) is 2.13. The Morgan fingerprint density at radius 3 is 2.83 bits per heavy atom. The number of nitrogens with one attached hydrogen (secondary N) is 1. The molecule has 0 saturated heterocycles. The number of nitrogens with zero attached hydrogens (tertiary/aromatic N) is 1. The molecule has 6 nitrogen and oxygen atoms in total. The molecule has 2 aromatic rings. The van der Waals surface area contributed by atoms with Crippen LogP contribution in [0.3, 0.4) is 0 Å². The monoisotopic (exact) mass is 315 g/mol. The van der Waals surface area contributed by atoms with E-state index >= 15 is 0 Å². The van der Waals surface area contributed by atoms with Crippen LogP contribution in [0.2, 0.25) is 0 Å². The third kappa shape index (κ3) is 4.77. The molecular weight excluding hydrogens is 294 g/mol. The fourth-order valence-electron chi connectivity index (χ4n) is 2.01. The molecule has 23 heavy (non-hydrogen) atoms. The fraction of sp³-hybridized carbons (Fsp3) is 0.294. The highest BCUT2D eigenvalue weighted by atomic mass is 16.5. The van der Waals surface area contributed by atoms with Crippen molar-refractivity contribution in [3.63, 3.8) is 0 Å². The van der Waals surface area contributed by atoms with Crippen LogP contribution in [0.25, 0.3) is 0 Å². The fourth-order valence-corrected chi connectivity index (χ4v) is 2.01. The molecule has 0 saturated carbocycles. The number of hydrogen-bond donors (Lipinski definition) is 2. The van der Waals surface area contributed by atoms with E-state index in [1.807, 2.05) is 25.1 Å². The van der Waals surface area contributed by atoms with Crippen molar-refractivity contribution in [2.75, 3.05) is 25.6 Å². The van der Waals surface area contributed by atoms with Crippen LogP contribution >= 0.6 is 0 Å². The van der Waals surface area contributed by atoms with E-state index in [0.717, 1.165) is 5.56 Å². The molecule has 1 heterocycles. The van der Waals surface area contributed by atoms with E-state index < -0.39 is 0 Å². The van der Waals surface area contributed by atoms with Crippen molar-refractivity contribution in [2.24, 2.45) is 5.73 Å². The number of carbonyl (C=O) groups is 1. The van der Waals surface area contributed by atoms with E-state index in [-0.39, 0.29) is 12.5 Å². The molecule has 1 amide bonds. The Balaban J connectivity index is 2.16. The summed E-state index contributed by atoms with van der Waals surface area (Å²) in [4.78, 5) is 16.5. The summed E-state index contributed by atoms with van der Waals surface area (Å²) in [5, 5.41) is 2.86. The highest BCUT2D eigenvalue weighted by Crippen LogP contribution is 2.26. The SMILES string of the molecule is COCCOc1cc(C)ccc1NC(=O)c1ccnc(CN)c1. The van der Waals surface area contributed by atoms with E-state index in [0.29, 0.717) is 35.9 Å². The predicted molar refractivity (Wildman–Crippen MR) is 88.6 cm³/mol. The third-order valence-corrected chi connectivity index (χ3v) is 3.22. The van der Waals surface area contributed by atoms with Crippen LogP contribution in [0.4, 0.5) is 5.69 Å². The zero-order chi connectivity index (χ0) is 16.7. The van der Waals surface area contributed by atoms with Crippen molar-refractivity contribution in [3.05, 3.63) is 53.3 Å². The zero-order valence-electron chi connectivity index (χ0n) is 13.3. The second kappa shape index (κ2) is 8.26. The molecule has 2 rings (SSSR count). The van der Waals surface area contributed by atoms with E-state index in [2.05, 4.69) is 10.3 Å². The van der Waals surface area contributed by atoms with E-state index in [4.69, 9.17) is 15.2 Å². The highest BCUT2D eigenvalue weighted by molar-refractivity contribution is 6.05. The largest absolute Gasteiger partial charge is 0.489 e. The lowest BCUT2D eigenvalue weighted by atomic mass is 10.2. The number of benzene rings is 1. The van der Waals surface area contributed by atoms with Gasteiger partial charge in [0, 0.05) is 25.4 Å². The van der Waals surface area contributed by atoms with Gasteiger partial charge in [-0.3, -0.25) is 9.78 Å². The highest BCUT2D eigenvalue weighted by Gasteiger charge is 2.11. The quantitative estimate of drug-likeness (QED) is 0.764. The van der Waals surface area contributed by atoms with E-state index in [9.17, 15) is 4.79 Å². The van der Waals surface area contributed by atoms with Crippen LogP contribution in [0.1, 0.15) is 21.6 Å². The third-order valence-electron chi connectivity index (χ3n) is 3.22. The summed E-state index contributed by atoms with van der Waals surface area (Å²) in [6.45, 7) is 3.14. The Kier molecular flexibility index (Phi) is 6.08. The standard InChI is InChI=1S/C17H21N3O3/c1-12-3-4-15(16(9-12)23-8-7-22-2)20-17(21)13-5-6-19-14(10-13)11-18/h3-6,9-10H,7-8,11,18H2,1-2H3,(H,20,21). The molecule has 0 fully saturated rings. The number of anilines is 1. The minimum atomic E-state index is -0.234. The van der Waals surface area contributed by atoms with Gasteiger partial charge in [0.05, 0.1) is 18.0 Å². The summed E-state index contributed by atoms with van der Waals surface area (Å²) in [6.07, 6.45) is 1.57. The number of nitrogens with two attached hydrogens (primary N) is 1. The Hall–Kier alpha value is -2.44. The molecule has 1 aromatic heterocycles. The molecular formula is C17H21N3O3. The number of carbonyl (C=O) groups excluding carboxylic acids is 1. The van der Waals surface area contributed by atoms with Gasteiger partial charge < -0.3 is 20.5 Å². The molecule has 122 valence electrons. The molecule has 0 spiro atoms. The van der Waals surface area contributed by atoms with Gasteiger partial charge in [0.25, 0.3) is 5.91 Å². The number of amides is 1. The van der Waals surface area contributed by atoms with Crippen molar-refractivity contribution in [2.45, 2.75) is 13.5 Å². The second-order valence-corrected chi connectivity index (χ2v) is 5.03. The maximum Gasteiger partial charge on any atom is 0.255 e. The number of ether oxygens (including phenoxy) is 2. The Morgan fingerprint density at radius 1 is 1.26 bits per heavy atom. The van der Waals surface area contributed by atoms with Gasteiger partial charge in [-0.2, -0.15) is 0 Å². The summed E-state index contributed by atoms with van der Waals surface area (Å²) in [6, 6.07) is 8.93. The molecule has 0 bridgehead atoms. The molecule has 0 aliphatic carbocycles. The minimum Gasteiger partial charge on any atom is -0.489 e. The van der Waals surface area contributed by atoms with Crippen molar-refractivity contribution < 1.29 is 14.3 Å². The number of rotatable bonds is 7. The normalized spacial score (nSPS) is 10.4. The van der Waals surface area contributed by atoms with E-state index in [1.54, 1.807) is 25.4 Å². The van der Waals surface area contributed by atoms with Gasteiger partial charge in [-0.05, 0) is 36.8 Å². The molecule has 0 aliphatic rings. The first kappa shape index (κ1) is 16.9. The lowest BCUT2D eigenvalue weighted by molar-refractivity contribution is 0.102. The Bertz CT molecular complexity index is 674. The summed E-state index contributed by atoms with van der Waals surface area (Å²) in [7, 11) is 1.61. The number of pyridine rings is 1. The van der Waals surface area contributed by atoms with Crippen LogP contribution in [0, 0.1) is 6.92 Å². The first-order valence-corrected chi connectivity index (χ1v) is 7.32. The molecule has 3 N–H and O–H groups in total. The smallest absolute Gasteiger partial charge is 0.255 e. The average molecular weight is 315 g/mol. The Morgan fingerprint density at radius 2 is 2.09 bits per heavy atom. The summed E-state index contributed by atoms with van der Waals surface area (Å²) < 4.78 is 10.6. The number of hydrogen-bond acceptors (Lipinski definition) is 5. The van der Waals surface area contributed by atoms with Gasteiger partial charge in [0.2, 0.25) is 0 Å². The van der Waals surface area contributed by atoms with Gasteiger partial charge >= 0.3 is 0 Å². The number of aryl methyl sites for hydroxylation is 1. The summed E-state index contributed by atoms with van der Waals surface area (Å²) in [5.74, 6) is 0.381. The lowest BCUT2D eigenvalue weighted by Gasteiger charge is -2.13. The molecule has 1 aromatic carbocycles. The number of methoxy groups -OCH3 is 1. The van der Waals surface area contributed by atoms with Crippen LogP contribution in [-0.4, -0.2) is 31.2 Å². The Labute approximate surface area is 135 Å². The second-order valence-electron chi connectivity index (χ2n) is 5.03. The van der Waals surface area contributed by atoms with Crippen LogP contribution < -0.4 is 15.8 Å². The molecule has 0 aliphatic heterocycles. The maximum atomic E-state index is 12.4. The van der Waals surface area contributed by atoms with Crippen molar-refractivity contribution in [1.29, 1.82) is 0 Å². The first-order valence-electron chi connectivity index (χ1n) is 7.32. The van der Waals surface area contributed by atoms with Gasteiger partial charge in [-0.15, -0.1) is 0 Å². The zero-order valence-corrected chi connectivity index (χ0v) is 13.3. The van der Waals surface area contributed by atoms with Gasteiger partial charge in [0.1, 0.15) is 12.4 Å². The lowest BCUT2D eigenvalue weighted by Crippen LogP contribution is -2.15. The summed E-state index contributed by atoms with van der Waals surface area (Å²) in [5.41, 5.74) is 8.38.